The molecule has 0 radical (unpaired) electrons. The first-order valence-electron chi connectivity index (χ1n) is 14.4. The number of anilines is 1. The molecule has 42 heavy (non-hydrogen) atoms. The SMILES string of the molecule is Cc1cc(NC(=O)[C@H](CCN)NC(=O)[C@@H]2Cc3ccccc3CN2C(=O)CCC(=O)N2C[C@@H](C)O[C@@H](C)C2)ccc1Cl. The number of nitrogens with zero attached hydrogens (tertiary/aromatic N) is 2. The maximum Gasteiger partial charge on any atom is 0.246 e. The number of hydrogen-bond acceptors (Lipinski definition) is 6. The molecule has 0 unspecified atom stereocenters. The number of aryl methyl sites for hydroxylation is 1. The van der Waals surface area contributed by atoms with Gasteiger partial charge in [-0.25, -0.2) is 0 Å². The number of rotatable bonds is 9. The van der Waals surface area contributed by atoms with Crippen LogP contribution in [0.4, 0.5) is 5.69 Å². The Morgan fingerprint density at radius 2 is 1.69 bits per heavy atom. The molecule has 0 aliphatic carbocycles. The van der Waals surface area contributed by atoms with E-state index in [0.29, 0.717) is 30.2 Å². The number of ether oxygens (including phenoxy) is 1. The van der Waals surface area contributed by atoms with Gasteiger partial charge in [0.1, 0.15) is 12.1 Å². The molecule has 2 aromatic rings. The van der Waals surface area contributed by atoms with E-state index < -0.39 is 23.9 Å². The normalized spacial score (nSPS) is 20.8. The second-order valence-corrected chi connectivity index (χ2v) is 11.6. The Morgan fingerprint density at radius 3 is 2.36 bits per heavy atom. The number of carbonyl (C=O) groups excluding carboxylic acids is 4. The number of carbonyl (C=O) groups is 4. The van der Waals surface area contributed by atoms with E-state index in [1.54, 1.807) is 23.1 Å². The quantitative estimate of drug-likeness (QED) is 0.407. The van der Waals surface area contributed by atoms with E-state index >= 15 is 0 Å². The minimum atomic E-state index is -0.903. The van der Waals surface area contributed by atoms with Gasteiger partial charge in [-0.15, -0.1) is 0 Å². The lowest BCUT2D eigenvalue weighted by Gasteiger charge is -2.37. The molecule has 0 bridgehead atoms. The van der Waals surface area contributed by atoms with Crippen molar-refractivity contribution in [1.82, 2.24) is 15.1 Å². The van der Waals surface area contributed by atoms with Crippen LogP contribution in [0.15, 0.2) is 42.5 Å². The summed E-state index contributed by atoms with van der Waals surface area (Å²) in [5.41, 5.74) is 9.06. The molecule has 4 amide bonds. The molecule has 0 saturated carbocycles. The van der Waals surface area contributed by atoms with Gasteiger partial charge in [0, 0.05) is 49.6 Å². The Bertz CT molecular complexity index is 1310. The fourth-order valence-electron chi connectivity index (χ4n) is 5.57. The second kappa shape index (κ2) is 14.1. The topological polar surface area (TPSA) is 134 Å². The highest BCUT2D eigenvalue weighted by molar-refractivity contribution is 6.31. The van der Waals surface area contributed by atoms with Crippen LogP contribution in [0, 0.1) is 6.92 Å². The molecule has 11 heteroatoms. The second-order valence-electron chi connectivity index (χ2n) is 11.2. The van der Waals surface area contributed by atoms with Crippen LogP contribution in [0.5, 0.6) is 0 Å². The number of halogens is 1. The van der Waals surface area contributed by atoms with Crippen molar-refractivity contribution in [3.05, 3.63) is 64.2 Å². The minimum Gasteiger partial charge on any atom is -0.372 e. The molecule has 2 aliphatic heterocycles. The summed E-state index contributed by atoms with van der Waals surface area (Å²) in [4.78, 5) is 56.6. The van der Waals surface area contributed by atoms with Crippen LogP contribution < -0.4 is 16.4 Å². The smallest absolute Gasteiger partial charge is 0.246 e. The van der Waals surface area contributed by atoms with Gasteiger partial charge in [0.05, 0.1) is 12.2 Å². The highest BCUT2D eigenvalue weighted by atomic mass is 35.5. The summed E-state index contributed by atoms with van der Waals surface area (Å²) < 4.78 is 5.71. The molecule has 2 heterocycles. The van der Waals surface area contributed by atoms with Gasteiger partial charge in [-0.3, -0.25) is 19.2 Å². The monoisotopic (exact) mass is 597 g/mol. The summed E-state index contributed by atoms with van der Waals surface area (Å²) in [5.74, 6) is -1.25. The predicted octanol–water partition coefficient (Wildman–Crippen LogP) is 2.79. The van der Waals surface area contributed by atoms with Gasteiger partial charge in [0.25, 0.3) is 0 Å². The van der Waals surface area contributed by atoms with Gasteiger partial charge in [0.15, 0.2) is 0 Å². The molecule has 1 fully saturated rings. The Morgan fingerprint density at radius 1 is 1.02 bits per heavy atom. The molecule has 4 atom stereocenters. The van der Waals surface area contributed by atoms with Crippen molar-refractivity contribution in [3.63, 3.8) is 0 Å². The zero-order chi connectivity index (χ0) is 30.4. The number of benzene rings is 2. The van der Waals surface area contributed by atoms with Crippen LogP contribution in [0.1, 0.15) is 49.8 Å². The average molecular weight is 598 g/mol. The Balaban J connectivity index is 1.46. The zero-order valence-corrected chi connectivity index (χ0v) is 25.2. The third-order valence-corrected chi connectivity index (χ3v) is 8.13. The van der Waals surface area contributed by atoms with Crippen molar-refractivity contribution in [2.45, 2.75) is 77.3 Å². The van der Waals surface area contributed by atoms with Crippen molar-refractivity contribution in [1.29, 1.82) is 0 Å². The van der Waals surface area contributed by atoms with Crippen molar-refractivity contribution in [2.75, 3.05) is 25.0 Å². The number of nitrogens with one attached hydrogen (secondary N) is 2. The lowest BCUT2D eigenvalue weighted by atomic mass is 9.92. The summed E-state index contributed by atoms with van der Waals surface area (Å²) in [5, 5.41) is 6.24. The van der Waals surface area contributed by atoms with Crippen LogP contribution in [0.3, 0.4) is 0 Å². The van der Waals surface area contributed by atoms with Gasteiger partial charge < -0.3 is 30.9 Å². The van der Waals surface area contributed by atoms with E-state index in [9.17, 15) is 19.2 Å². The lowest BCUT2D eigenvalue weighted by Crippen LogP contribution is -2.56. The van der Waals surface area contributed by atoms with E-state index in [2.05, 4.69) is 10.6 Å². The Labute approximate surface area is 251 Å². The summed E-state index contributed by atoms with van der Waals surface area (Å²) >= 11 is 6.11. The Kier molecular flexibility index (Phi) is 10.6. The third kappa shape index (κ3) is 7.87. The van der Waals surface area contributed by atoms with Crippen LogP contribution in [0.2, 0.25) is 5.02 Å². The number of amides is 4. The standard InChI is InChI=1S/C31H40ClN5O5/c1-19-14-24(8-9-25(19)32)34-30(40)26(12-13-33)35-31(41)27-15-22-6-4-5-7-23(22)18-37(27)29(39)11-10-28(38)36-16-20(2)42-21(3)17-36/h4-9,14,20-21,26-27H,10-13,15-18,33H2,1-3H3,(H,34,40)(H,35,41)/t20-,21+,26-,27-/m0/s1. The van der Waals surface area contributed by atoms with Gasteiger partial charge in [-0.2, -0.15) is 0 Å². The van der Waals surface area contributed by atoms with Crippen LogP contribution in [-0.4, -0.2) is 77.4 Å². The maximum absolute atomic E-state index is 13.7. The fraction of sp³-hybridized carbons (Fsp3) is 0.484. The van der Waals surface area contributed by atoms with Crippen molar-refractivity contribution < 1.29 is 23.9 Å². The summed E-state index contributed by atoms with van der Waals surface area (Å²) in [6.45, 7) is 7.06. The fourth-order valence-corrected chi connectivity index (χ4v) is 5.69. The molecule has 2 aromatic carbocycles. The first-order valence-corrected chi connectivity index (χ1v) is 14.8. The largest absolute Gasteiger partial charge is 0.372 e. The highest BCUT2D eigenvalue weighted by Gasteiger charge is 2.36. The first kappa shape index (κ1) is 31.5. The van der Waals surface area contributed by atoms with Crippen molar-refractivity contribution in [2.24, 2.45) is 5.73 Å². The van der Waals surface area contributed by atoms with Crippen LogP contribution in [-0.2, 0) is 36.9 Å². The molecule has 1 saturated heterocycles. The summed E-state index contributed by atoms with van der Waals surface area (Å²) in [6.07, 6.45) is 0.404. The van der Waals surface area contributed by atoms with Gasteiger partial charge in [0.2, 0.25) is 23.6 Å². The molecule has 10 nitrogen and oxygen atoms in total. The average Bonchev–Trinajstić information content (AvgIpc) is 2.96. The molecular formula is C31H40ClN5O5. The molecule has 0 spiro atoms. The van der Waals surface area contributed by atoms with Crippen LogP contribution in [0.25, 0.3) is 0 Å². The number of fused-ring (bicyclic) bond motifs is 1. The molecule has 4 rings (SSSR count). The van der Waals surface area contributed by atoms with E-state index in [1.807, 2.05) is 45.0 Å². The van der Waals surface area contributed by atoms with Crippen molar-refractivity contribution in [3.8, 4) is 0 Å². The van der Waals surface area contributed by atoms with E-state index in [4.69, 9.17) is 22.1 Å². The highest BCUT2D eigenvalue weighted by Crippen LogP contribution is 2.25. The Hall–Kier alpha value is -3.47. The van der Waals surface area contributed by atoms with Gasteiger partial charge in [-0.05, 0) is 68.6 Å². The van der Waals surface area contributed by atoms with Crippen molar-refractivity contribution >= 4 is 40.9 Å². The maximum atomic E-state index is 13.7. The number of hydrogen-bond donors (Lipinski definition) is 3. The van der Waals surface area contributed by atoms with Crippen LogP contribution >= 0.6 is 11.6 Å². The number of nitrogens with two attached hydrogens (primary N) is 1. The van der Waals surface area contributed by atoms with E-state index in [1.165, 1.54) is 4.90 Å². The minimum absolute atomic E-state index is 0.0203. The summed E-state index contributed by atoms with van der Waals surface area (Å²) in [6, 6.07) is 11.1. The lowest BCUT2D eigenvalue weighted by molar-refractivity contribution is -0.147. The number of morpholine rings is 1. The molecule has 226 valence electrons. The molecular weight excluding hydrogens is 558 g/mol. The predicted molar refractivity (Wildman–Crippen MR) is 161 cm³/mol. The molecule has 2 aliphatic rings. The zero-order valence-electron chi connectivity index (χ0n) is 24.4. The molecule has 0 aromatic heterocycles. The molecule has 4 N–H and O–H groups in total. The van der Waals surface area contributed by atoms with Gasteiger partial charge >= 0.3 is 0 Å². The third-order valence-electron chi connectivity index (χ3n) is 7.71. The first-order chi connectivity index (χ1) is 20.0. The van der Waals surface area contributed by atoms with E-state index in [0.717, 1.165) is 16.7 Å². The van der Waals surface area contributed by atoms with E-state index in [-0.39, 0.29) is 56.4 Å². The van der Waals surface area contributed by atoms with Gasteiger partial charge in [-0.1, -0.05) is 35.9 Å². The summed E-state index contributed by atoms with van der Waals surface area (Å²) in [7, 11) is 0.